The van der Waals surface area contributed by atoms with E-state index >= 15 is 4.79 Å². The predicted molar refractivity (Wildman–Crippen MR) is 232 cm³/mol. The summed E-state index contributed by atoms with van der Waals surface area (Å²) in [6.07, 6.45) is 5.16. The van der Waals surface area contributed by atoms with E-state index in [-0.39, 0.29) is 18.3 Å². The van der Waals surface area contributed by atoms with Gasteiger partial charge < -0.3 is 24.0 Å². The summed E-state index contributed by atoms with van der Waals surface area (Å²) in [5, 5.41) is 22.1. The second kappa shape index (κ2) is 17.1. The standard InChI is InChI=1S/C46H53N7O6Si/c1-46(2)58-43-41(26-33-13-8-6-9-14-33)49(30-35-17-19-38-37(25-35)29-48-52(38)32-57-23-24-60(3,4)5)45(54)50(42(44(43)59-46)27-34-15-10-7-11-16-34)31-36-18-20-39(53(55)56)40(28-36)51-22-12-21-47-51/h6-22,25,28-29,41-44H,23-24,26-27,30-32H2,1-5H3/t41-,42-,43+,44+/m1/s1. The van der Waals surface area contributed by atoms with Crippen LogP contribution in [0.1, 0.15) is 36.1 Å². The lowest BCUT2D eigenvalue weighted by atomic mass is 9.91. The van der Waals surface area contributed by atoms with Gasteiger partial charge in [0.2, 0.25) is 0 Å². The highest BCUT2D eigenvalue weighted by molar-refractivity contribution is 6.76. The van der Waals surface area contributed by atoms with Crippen LogP contribution in [-0.4, -0.2) is 85.1 Å². The number of amides is 2. The quantitative estimate of drug-likeness (QED) is 0.0436. The summed E-state index contributed by atoms with van der Waals surface area (Å²) in [6, 6.07) is 33.3. The third kappa shape index (κ3) is 9.21. The topological polar surface area (TPSA) is 130 Å². The number of nitro benzene ring substituents is 1. The number of carbonyl (C=O) groups is 1. The summed E-state index contributed by atoms with van der Waals surface area (Å²) in [6.45, 7) is 12.4. The molecule has 2 aliphatic rings. The third-order valence-electron chi connectivity index (χ3n) is 11.4. The fourth-order valence-corrected chi connectivity index (χ4v) is 9.18. The van der Waals surface area contributed by atoms with Gasteiger partial charge in [-0.2, -0.15) is 10.2 Å². The highest BCUT2D eigenvalue weighted by atomic mass is 28.3. The van der Waals surface area contributed by atoms with Crippen molar-refractivity contribution >= 4 is 30.7 Å². The molecule has 2 fully saturated rings. The monoisotopic (exact) mass is 827 g/mol. The summed E-state index contributed by atoms with van der Waals surface area (Å²) >= 11 is 0. The van der Waals surface area contributed by atoms with Crippen LogP contribution in [0.2, 0.25) is 25.7 Å². The van der Waals surface area contributed by atoms with Crippen molar-refractivity contribution in [3.05, 3.63) is 154 Å². The zero-order chi connectivity index (χ0) is 42.0. The van der Waals surface area contributed by atoms with Crippen LogP contribution in [-0.2, 0) is 46.9 Å². The Morgan fingerprint density at radius 2 is 1.38 bits per heavy atom. The molecule has 0 unspecified atom stereocenters. The van der Waals surface area contributed by atoms with E-state index in [1.165, 1.54) is 10.7 Å². The summed E-state index contributed by atoms with van der Waals surface area (Å²) in [5.74, 6) is -0.928. The molecule has 0 bridgehead atoms. The van der Waals surface area contributed by atoms with Gasteiger partial charge in [-0.1, -0.05) is 92.4 Å². The van der Waals surface area contributed by atoms with Crippen LogP contribution in [0.4, 0.5) is 10.5 Å². The number of benzene rings is 4. The molecule has 0 aliphatic carbocycles. The fourth-order valence-electron chi connectivity index (χ4n) is 8.43. The molecule has 0 spiro atoms. The summed E-state index contributed by atoms with van der Waals surface area (Å²) in [7, 11) is -1.23. The molecule has 0 radical (unpaired) electrons. The van der Waals surface area contributed by atoms with Gasteiger partial charge in [0.1, 0.15) is 24.6 Å². The van der Waals surface area contributed by atoms with Crippen LogP contribution >= 0.6 is 0 Å². The number of nitro groups is 1. The van der Waals surface area contributed by atoms with Crippen LogP contribution in [0.5, 0.6) is 0 Å². The first kappa shape index (κ1) is 41.1. The van der Waals surface area contributed by atoms with Gasteiger partial charge in [-0.05, 0) is 79.3 Å². The van der Waals surface area contributed by atoms with E-state index in [0.717, 1.165) is 39.2 Å². The number of carbonyl (C=O) groups excluding carboxylic acids is 1. The molecule has 13 nitrogen and oxygen atoms in total. The molecule has 14 heteroatoms. The molecule has 2 aromatic heterocycles. The number of hydrogen-bond donors (Lipinski definition) is 0. The predicted octanol–water partition coefficient (Wildman–Crippen LogP) is 8.62. The maximum atomic E-state index is 15.7. The van der Waals surface area contributed by atoms with Crippen molar-refractivity contribution < 1.29 is 23.9 Å². The Balaban J connectivity index is 1.20. The summed E-state index contributed by atoms with van der Waals surface area (Å²) < 4.78 is 23.2. The first-order valence-electron chi connectivity index (χ1n) is 20.6. The summed E-state index contributed by atoms with van der Waals surface area (Å²) in [5.41, 5.74) is 4.98. The molecule has 0 N–H and O–H groups in total. The molecule has 2 saturated heterocycles. The minimum atomic E-state index is -1.23. The SMILES string of the molecule is CC1(C)O[C@@H]2[C@@H](O1)[C@@H](Cc1ccccc1)N(Cc1ccc3c(cnn3COCC[Si](C)(C)C)c1)C(=O)N(Cc1ccc([N+](=O)[O-])c(-n3cccn3)c1)[C@@H]2Cc1ccccc1. The molecule has 2 aliphatic heterocycles. The molecule has 60 heavy (non-hydrogen) atoms. The largest absolute Gasteiger partial charge is 0.360 e. The van der Waals surface area contributed by atoms with Gasteiger partial charge in [0.25, 0.3) is 5.69 Å². The molecule has 4 aromatic carbocycles. The third-order valence-corrected chi connectivity index (χ3v) is 13.1. The van der Waals surface area contributed by atoms with Gasteiger partial charge in [0.15, 0.2) is 5.79 Å². The Bertz CT molecular complexity index is 2420. The van der Waals surface area contributed by atoms with E-state index in [1.54, 1.807) is 30.6 Å². The van der Waals surface area contributed by atoms with Crippen LogP contribution < -0.4 is 0 Å². The molecule has 312 valence electrons. The van der Waals surface area contributed by atoms with Crippen molar-refractivity contribution in [2.45, 2.75) is 102 Å². The zero-order valence-corrected chi connectivity index (χ0v) is 35.9. The molecular formula is C46H53N7O6Si. The fraction of sp³-hybridized carbons (Fsp3) is 0.370. The number of urea groups is 1. The van der Waals surface area contributed by atoms with Crippen molar-refractivity contribution in [1.29, 1.82) is 0 Å². The van der Waals surface area contributed by atoms with Crippen molar-refractivity contribution in [1.82, 2.24) is 29.4 Å². The van der Waals surface area contributed by atoms with Crippen molar-refractivity contribution in [2.24, 2.45) is 0 Å². The van der Waals surface area contributed by atoms with E-state index in [2.05, 4.69) is 72.3 Å². The molecule has 0 saturated carbocycles. The number of aromatic nitrogens is 4. The van der Waals surface area contributed by atoms with Crippen molar-refractivity contribution in [3.8, 4) is 5.69 Å². The van der Waals surface area contributed by atoms with E-state index in [0.29, 0.717) is 38.4 Å². The van der Waals surface area contributed by atoms with Gasteiger partial charge in [-0.3, -0.25) is 10.1 Å². The lowest BCUT2D eigenvalue weighted by Crippen LogP contribution is -2.51. The smallest absolute Gasteiger partial charge is 0.321 e. The van der Waals surface area contributed by atoms with Crippen LogP contribution in [0.3, 0.4) is 0 Å². The summed E-state index contributed by atoms with van der Waals surface area (Å²) in [4.78, 5) is 31.3. The molecule has 4 atom stereocenters. The Labute approximate surface area is 351 Å². The zero-order valence-electron chi connectivity index (χ0n) is 34.9. The minimum Gasteiger partial charge on any atom is -0.360 e. The molecule has 8 rings (SSSR count). The Hall–Kier alpha value is -5.67. The van der Waals surface area contributed by atoms with E-state index in [4.69, 9.17) is 14.2 Å². The van der Waals surface area contributed by atoms with Gasteiger partial charge in [0.05, 0.1) is 28.7 Å². The van der Waals surface area contributed by atoms with E-state index < -0.39 is 43.1 Å². The second-order valence-corrected chi connectivity index (χ2v) is 23.2. The number of ether oxygens (including phenoxy) is 3. The second-order valence-electron chi connectivity index (χ2n) is 17.5. The normalized spacial score (nSPS) is 20.4. The number of nitrogens with zero attached hydrogens (tertiary/aromatic N) is 7. The number of fused-ring (bicyclic) bond motifs is 2. The van der Waals surface area contributed by atoms with Gasteiger partial charge in [-0.15, -0.1) is 0 Å². The maximum Gasteiger partial charge on any atom is 0.321 e. The van der Waals surface area contributed by atoms with Gasteiger partial charge in [0, 0.05) is 51.6 Å². The van der Waals surface area contributed by atoms with Crippen molar-refractivity contribution in [3.63, 3.8) is 0 Å². The first-order chi connectivity index (χ1) is 28.8. The molecule has 4 heterocycles. The highest BCUT2D eigenvalue weighted by Gasteiger charge is 2.55. The van der Waals surface area contributed by atoms with Gasteiger partial charge in [-0.25, -0.2) is 14.2 Å². The Morgan fingerprint density at radius 3 is 1.95 bits per heavy atom. The Morgan fingerprint density at radius 1 is 0.783 bits per heavy atom. The average Bonchev–Trinajstić information content (AvgIpc) is 3.97. The lowest BCUT2D eigenvalue weighted by molar-refractivity contribution is -0.384. The van der Waals surface area contributed by atoms with Crippen LogP contribution in [0.15, 0.2) is 122 Å². The highest BCUT2D eigenvalue weighted by Crippen LogP contribution is 2.41. The number of rotatable bonds is 15. The lowest BCUT2D eigenvalue weighted by Gasteiger charge is -2.37. The van der Waals surface area contributed by atoms with E-state index in [9.17, 15) is 10.1 Å². The average molecular weight is 828 g/mol. The molecular weight excluding hydrogens is 775 g/mol. The minimum absolute atomic E-state index is 0.0822. The maximum absolute atomic E-state index is 15.7. The van der Waals surface area contributed by atoms with Crippen LogP contribution in [0.25, 0.3) is 16.6 Å². The van der Waals surface area contributed by atoms with E-state index in [1.807, 2.05) is 70.9 Å². The Kier molecular flexibility index (Phi) is 11.7. The van der Waals surface area contributed by atoms with Crippen LogP contribution in [0, 0.1) is 10.1 Å². The number of hydrogen-bond acceptors (Lipinski definition) is 8. The van der Waals surface area contributed by atoms with Crippen molar-refractivity contribution in [2.75, 3.05) is 6.61 Å². The first-order valence-corrected chi connectivity index (χ1v) is 24.3. The molecule has 2 amide bonds. The van der Waals surface area contributed by atoms with Gasteiger partial charge >= 0.3 is 6.03 Å². The molecule has 6 aromatic rings.